The molecule has 0 amide bonds. The smallest absolute Gasteiger partial charge is 0.0991 e. The molecule has 3 nitrogen and oxygen atoms in total. The van der Waals surface area contributed by atoms with Crippen molar-refractivity contribution in [2.45, 2.75) is 53.0 Å². The molecule has 0 aromatic carbocycles. The minimum Gasteiger partial charge on any atom is -0.312 e. The molecule has 1 N–H and O–H groups in total. The summed E-state index contributed by atoms with van der Waals surface area (Å²) in [6.45, 7) is 10.7. The number of aryl methyl sites for hydroxylation is 1. The highest BCUT2D eigenvalue weighted by Crippen LogP contribution is 2.27. The third-order valence-electron chi connectivity index (χ3n) is 3.03. The summed E-state index contributed by atoms with van der Waals surface area (Å²) in [6.07, 6.45) is 2.03. The zero-order valence-corrected chi connectivity index (χ0v) is 14.3. The van der Waals surface area contributed by atoms with E-state index < -0.39 is 0 Å². The molecule has 5 heteroatoms. The van der Waals surface area contributed by atoms with Crippen LogP contribution in [0.25, 0.3) is 0 Å². The maximum atomic E-state index is 4.84. The number of aromatic nitrogens is 2. The molecule has 0 radical (unpaired) electrons. The summed E-state index contributed by atoms with van der Waals surface area (Å²) in [6, 6.07) is 0. The van der Waals surface area contributed by atoms with E-state index in [1.165, 1.54) is 22.0 Å². The van der Waals surface area contributed by atoms with Crippen LogP contribution in [0, 0.1) is 6.92 Å². The third kappa shape index (κ3) is 4.11. The van der Waals surface area contributed by atoms with Crippen LogP contribution >= 0.6 is 22.7 Å². The molecule has 0 atom stereocenters. The second kappa shape index (κ2) is 7.29. The molecule has 20 heavy (non-hydrogen) atoms. The first-order valence-electron chi connectivity index (χ1n) is 7.20. The van der Waals surface area contributed by atoms with Crippen molar-refractivity contribution >= 4 is 22.7 Å². The number of hydrogen-bond acceptors (Lipinski definition) is 5. The fraction of sp³-hybridized carbons (Fsp3) is 0.600. The van der Waals surface area contributed by atoms with Crippen LogP contribution in [0.2, 0.25) is 0 Å². The van der Waals surface area contributed by atoms with E-state index in [-0.39, 0.29) is 0 Å². The molecule has 0 aliphatic heterocycles. The lowest BCUT2D eigenvalue weighted by Gasteiger charge is -2.05. The molecule has 2 aromatic heterocycles. The van der Waals surface area contributed by atoms with Gasteiger partial charge < -0.3 is 5.32 Å². The van der Waals surface area contributed by atoms with Gasteiger partial charge in [0.15, 0.2) is 0 Å². The highest BCUT2D eigenvalue weighted by molar-refractivity contribution is 7.11. The van der Waals surface area contributed by atoms with E-state index in [9.17, 15) is 0 Å². The minimum atomic E-state index is 0.482. The van der Waals surface area contributed by atoms with Crippen LogP contribution < -0.4 is 5.32 Å². The molecule has 0 unspecified atom stereocenters. The van der Waals surface area contributed by atoms with Gasteiger partial charge in [0.25, 0.3) is 0 Å². The molecule has 0 fully saturated rings. The van der Waals surface area contributed by atoms with E-state index in [2.05, 4.69) is 43.4 Å². The summed E-state index contributed by atoms with van der Waals surface area (Å²) in [7, 11) is 0. The average molecular weight is 310 g/mol. The number of hydrogen-bond donors (Lipinski definition) is 1. The molecule has 2 aromatic rings. The Hall–Kier alpha value is -0.780. The molecule has 0 aliphatic carbocycles. The molecule has 2 heterocycles. The quantitative estimate of drug-likeness (QED) is 0.782. The number of thiazole rings is 2. The van der Waals surface area contributed by atoms with Gasteiger partial charge in [-0.3, -0.25) is 0 Å². The van der Waals surface area contributed by atoms with Crippen LogP contribution in [0.4, 0.5) is 0 Å². The summed E-state index contributed by atoms with van der Waals surface area (Å²) in [5, 5.41) is 7.94. The number of nitrogens with zero attached hydrogens (tertiary/aromatic N) is 2. The van der Waals surface area contributed by atoms with E-state index in [1.807, 2.05) is 11.3 Å². The molecule has 0 bridgehead atoms. The monoisotopic (exact) mass is 309 g/mol. The van der Waals surface area contributed by atoms with Gasteiger partial charge in [-0.1, -0.05) is 20.8 Å². The topological polar surface area (TPSA) is 37.8 Å². The van der Waals surface area contributed by atoms with Gasteiger partial charge in [-0.25, -0.2) is 9.97 Å². The maximum Gasteiger partial charge on any atom is 0.0991 e. The van der Waals surface area contributed by atoms with Crippen LogP contribution in [-0.4, -0.2) is 16.5 Å². The predicted octanol–water partition coefficient (Wildman–Crippen LogP) is 4.12. The van der Waals surface area contributed by atoms with Crippen molar-refractivity contribution in [2.24, 2.45) is 0 Å². The standard InChI is InChI=1S/C15H23N3S2/c1-5-6-16-8-13-15(10(2)3)18-14(20-13)7-12-9-19-11(4)17-12/h9-10,16H,5-8H2,1-4H3. The lowest BCUT2D eigenvalue weighted by atomic mass is 10.1. The van der Waals surface area contributed by atoms with E-state index in [0.29, 0.717) is 5.92 Å². The van der Waals surface area contributed by atoms with Gasteiger partial charge in [0, 0.05) is 23.2 Å². The van der Waals surface area contributed by atoms with Gasteiger partial charge in [-0.15, -0.1) is 22.7 Å². The SMILES string of the molecule is CCCNCc1sc(Cc2csc(C)n2)nc1C(C)C. The highest BCUT2D eigenvalue weighted by atomic mass is 32.1. The molecule has 0 saturated heterocycles. The first-order chi connectivity index (χ1) is 9.60. The first-order valence-corrected chi connectivity index (χ1v) is 8.90. The van der Waals surface area contributed by atoms with E-state index in [1.54, 1.807) is 11.3 Å². The Kier molecular flexibility index (Phi) is 5.69. The Labute approximate surface area is 129 Å². The lowest BCUT2D eigenvalue weighted by Crippen LogP contribution is -2.14. The van der Waals surface area contributed by atoms with Crippen LogP contribution in [0.5, 0.6) is 0 Å². The predicted molar refractivity (Wildman–Crippen MR) is 87.9 cm³/mol. The molecule has 0 saturated carbocycles. The Morgan fingerprint density at radius 2 is 2.10 bits per heavy atom. The second-order valence-corrected chi connectivity index (χ2v) is 7.51. The molecular formula is C15H23N3S2. The fourth-order valence-corrected chi connectivity index (χ4v) is 3.91. The molecule has 110 valence electrons. The van der Waals surface area contributed by atoms with Crippen molar-refractivity contribution in [2.75, 3.05) is 6.54 Å². The Morgan fingerprint density at radius 1 is 1.30 bits per heavy atom. The van der Waals surface area contributed by atoms with E-state index in [0.717, 1.165) is 30.2 Å². The van der Waals surface area contributed by atoms with Crippen LogP contribution in [0.1, 0.15) is 59.4 Å². The van der Waals surface area contributed by atoms with Gasteiger partial charge in [0.1, 0.15) is 0 Å². The summed E-state index contributed by atoms with van der Waals surface area (Å²) < 4.78 is 0. The van der Waals surface area contributed by atoms with Gasteiger partial charge in [0.05, 0.1) is 21.4 Å². The van der Waals surface area contributed by atoms with Gasteiger partial charge in [-0.05, 0) is 25.8 Å². The molecular weight excluding hydrogens is 286 g/mol. The Morgan fingerprint density at radius 3 is 2.70 bits per heavy atom. The maximum absolute atomic E-state index is 4.84. The summed E-state index contributed by atoms with van der Waals surface area (Å²) in [5.74, 6) is 0.482. The summed E-state index contributed by atoms with van der Waals surface area (Å²) in [5.41, 5.74) is 2.39. The first kappa shape index (κ1) is 15.6. The zero-order chi connectivity index (χ0) is 14.5. The fourth-order valence-electron chi connectivity index (χ4n) is 2.09. The summed E-state index contributed by atoms with van der Waals surface area (Å²) in [4.78, 5) is 10.8. The molecule has 2 rings (SSSR count). The normalized spacial score (nSPS) is 11.4. The average Bonchev–Trinajstić information content (AvgIpc) is 2.97. The minimum absolute atomic E-state index is 0.482. The van der Waals surface area contributed by atoms with Crippen molar-refractivity contribution in [3.8, 4) is 0 Å². The number of nitrogens with one attached hydrogen (secondary N) is 1. The Bertz CT molecular complexity index is 543. The van der Waals surface area contributed by atoms with Gasteiger partial charge in [-0.2, -0.15) is 0 Å². The van der Waals surface area contributed by atoms with Crippen molar-refractivity contribution in [1.29, 1.82) is 0 Å². The van der Waals surface area contributed by atoms with E-state index in [4.69, 9.17) is 4.98 Å². The number of rotatable bonds is 7. The largest absolute Gasteiger partial charge is 0.312 e. The Balaban J connectivity index is 2.11. The third-order valence-corrected chi connectivity index (χ3v) is 4.92. The highest BCUT2D eigenvalue weighted by Gasteiger charge is 2.14. The van der Waals surface area contributed by atoms with Crippen molar-refractivity contribution in [3.05, 3.63) is 31.7 Å². The van der Waals surface area contributed by atoms with Crippen molar-refractivity contribution < 1.29 is 0 Å². The second-order valence-electron chi connectivity index (χ2n) is 5.28. The van der Waals surface area contributed by atoms with Crippen LogP contribution in [-0.2, 0) is 13.0 Å². The molecule has 0 spiro atoms. The zero-order valence-electron chi connectivity index (χ0n) is 12.7. The van der Waals surface area contributed by atoms with E-state index >= 15 is 0 Å². The summed E-state index contributed by atoms with van der Waals surface area (Å²) >= 11 is 3.54. The molecule has 0 aliphatic rings. The lowest BCUT2D eigenvalue weighted by molar-refractivity contribution is 0.670. The van der Waals surface area contributed by atoms with Crippen molar-refractivity contribution in [3.63, 3.8) is 0 Å². The van der Waals surface area contributed by atoms with Crippen LogP contribution in [0.3, 0.4) is 0 Å². The van der Waals surface area contributed by atoms with Crippen molar-refractivity contribution in [1.82, 2.24) is 15.3 Å². The van der Waals surface area contributed by atoms with Gasteiger partial charge in [0.2, 0.25) is 0 Å². The van der Waals surface area contributed by atoms with Gasteiger partial charge >= 0.3 is 0 Å². The van der Waals surface area contributed by atoms with Crippen LogP contribution in [0.15, 0.2) is 5.38 Å².